The number of hydrazone groups is 1. The average molecular weight is 437 g/mol. The minimum atomic E-state index is -3.98. The number of nitrogens with one attached hydrogen (secondary N) is 1. The van der Waals surface area contributed by atoms with E-state index in [-0.39, 0.29) is 10.7 Å². The monoisotopic (exact) mass is 436 g/mol. The Morgan fingerprint density at radius 1 is 1.03 bits per heavy atom. The Morgan fingerprint density at radius 3 is 2.32 bits per heavy atom. The molecule has 2 aromatic carbocycles. The lowest BCUT2D eigenvalue weighted by molar-refractivity contribution is -0.119. The zero-order valence-corrected chi connectivity index (χ0v) is 18.2. The van der Waals surface area contributed by atoms with Gasteiger partial charge in [-0.1, -0.05) is 62.4 Å². The minimum absolute atomic E-state index is 0.0715. The van der Waals surface area contributed by atoms with Crippen LogP contribution in [0.15, 0.2) is 89.0 Å². The van der Waals surface area contributed by atoms with Gasteiger partial charge in [0.15, 0.2) is 0 Å². The van der Waals surface area contributed by atoms with Crippen molar-refractivity contribution in [2.75, 3.05) is 10.8 Å². The van der Waals surface area contributed by atoms with Crippen LogP contribution in [0.4, 0.5) is 5.82 Å². The Morgan fingerprint density at radius 2 is 1.71 bits per heavy atom. The van der Waals surface area contributed by atoms with Gasteiger partial charge in [0, 0.05) is 6.20 Å². The molecule has 0 saturated heterocycles. The zero-order valence-electron chi connectivity index (χ0n) is 17.3. The Bertz CT molecular complexity index is 1130. The molecule has 0 bridgehead atoms. The summed E-state index contributed by atoms with van der Waals surface area (Å²) in [6.45, 7) is 3.76. The number of nitrogens with zero attached hydrogens (tertiary/aromatic N) is 3. The fourth-order valence-corrected chi connectivity index (χ4v) is 4.22. The molecule has 0 unspecified atom stereocenters. The number of amides is 1. The number of benzene rings is 2. The van der Waals surface area contributed by atoms with Crippen molar-refractivity contribution in [3.05, 3.63) is 90.1 Å². The smallest absolute Gasteiger partial charge is 0.265 e. The molecule has 0 atom stereocenters. The molecule has 0 radical (unpaired) electrons. The number of pyridine rings is 1. The van der Waals surface area contributed by atoms with Gasteiger partial charge < -0.3 is 0 Å². The number of rotatable bonds is 8. The van der Waals surface area contributed by atoms with Gasteiger partial charge in [0.05, 0.1) is 11.1 Å². The Kier molecular flexibility index (Phi) is 7.15. The van der Waals surface area contributed by atoms with Crippen molar-refractivity contribution >= 4 is 28.0 Å². The molecule has 160 valence electrons. The highest BCUT2D eigenvalue weighted by molar-refractivity contribution is 7.92. The summed E-state index contributed by atoms with van der Waals surface area (Å²) in [5.74, 6) is -0.00944. The third-order valence-corrected chi connectivity index (χ3v) is 6.29. The summed E-state index contributed by atoms with van der Waals surface area (Å²) < 4.78 is 27.2. The van der Waals surface area contributed by atoms with Crippen LogP contribution >= 0.6 is 0 Å². The zero-order chi connectivity index (χ0) is 22.3. The average Bonchev–Trinajstić information content (AvgIpc) is 2.79. The predicted molar refractivity (Wildman–Crippen MR) is 121 cm³/mol. The third-order valence-electron chi connectivity index (χ3n) is 4.53. The van der Waals surface area contributed by atoms with Gasteiger partial charge in [0.25, 0.3) is 15.9 Å². The number of anilines is 1. The Hall–Kier alpha value is -3.52. The Labute approximate surface area is 182 Å². The van der Waals surface area contributed by atoms with E-state index in [1.54, 1.807) is 30.3 Å². The molecule has 3 aromatic rings. The van der Waals surface area contributed by atoms with Gasteiger partial charge in [-0.3, -0.25) is 4.79 Å². The van der Waals surface area contributed by atoms with Crippen molar-refractivity contribution in [3.63, 3.8) is 0 Å². The summed E-state index contributed by atoms with van der Waals surface area (Å²) >= 11 is 0. The van der Waals surface area contributed by atoms with Gasteiger partial charge in [-0.25, -0.2) is 23.1 Å². The van der Waals surface area contributed by atoms with E-state index in [1.807, 2.05) is 24.3 Å². The maximum atomic E-state index is 13.1. The van der Waals surface area contributed by atoms with E-state index >= 15 is 0 Å². The van der Waals surface area contributed by atoms with Gasteiger partial charge in [0.1, 0.15) is 12.4 Å². The lowest BCUT2D eigenvalue weighted by Crippen LogP contribution is -2.40. The van der Waals surface area contributed by atoms with Gasteiger partial charge in [0.2, 0.25) is 0 Å². The van der Waals surface area contributed by atoms with Crippen LogP contribution < -0.4 is 9.73 Å². The summed E-state index contributed by atoms with van der Waals surface area (Å²) in [5, 5.41) is 3.95. The molecular weight excluding hydrogens is 412 g/mol. The maximum Gasteiger partial charge on any atom is 0.265 e. The van der Waals surface area contributed by atoms with E-state index in [9.17, 15) is 13.2 Å². The number of carbonyl (C=O) groups excluding carboxylic acids is 1. The molecule has 7 nitrogen and oxygen atoms in total. The molecule has 1 aromatic heterocycles. The number of hydrogen-bond acceptors (Lipinski definition) is 5. The minimum Gasteiger partial charge on any atom is -0.271 e. The first kappa shape index (κ1) is 22.2. The number of aromatic nitrogens is 1. The molecule has 3 rings (SSSR count). The highest BCUT2D eigenvalue weighted by Crippen LogP contribution is 2.21. The van der Waals surface area contributed by atoms with E-state index < -0.39 is 22.5 Å². The highest BCUT2D eigenvalue weighted by Gasteiger charge is 2.27. The van der Waals surface area contributed by atoms with Crippen LogP contribution in [-0.2, 0) is 14.8 Å². The first-order valence-electron chi connectivity index (χ1n) is 9.78. The first-order chi connectivity index (χ1) is 14.9. The quantitative estimate of drug-likeness (QED) is 0.432. The molecule has 0 spiro atoms. The summed E-state index contributed by atoms with van der Waals surface area (Å²) in [4.78, 5) is 16.7. The number of hydrogen-bond donors (Lipinski definition) is 1. The maximum absolute atomic E-state index is 13.1. The second kappa shape index (κ2) is 9.99. The fourth-order valence-electron chi connectivity index (χ4n) is 2.82. The largest absolute Gasteiger partial charge is 0.271 e. The lowest BCUT2D eigenvalue weighted by atomic mass is 10.0. The van der Waals surface area contributed by atoms with E-state index in [1.165, 1.54) is 36.2 Å². The first-order valence-corrected chi connectivity index (χ1v) is 11.2. The summed E-state index contributed by atoms with van der Waals surface area (Å²) in [5.41, 5.74) is 4.42. The summed E-state index contributed by atoms with van der Waals surface area (Å²) in [6.07, 6.45) is 2.98. The lowest BCUT2D eigenvalue weighted by Gasteiger charge is -2.22. The van der Waals surface area contributed by atoms with Crippen molar-refractivity contribution in [1.29, 1.82) is 0 Å². The van der Waals surface area contributed by atoms with E-state index in [4.69, 9.17) is 0 Å². The summed E-state index contributed by atoms with van der Waals surface area (Å²) in [7, 11) is -3.98. The van der Waals surface area contributed by atoms with Gasteiger partial charge in [-0.2, -0.15) is 5.10 Å². The standard InChI is InChI=1S/C23H24N4O3S/c1-18(2)20-13-11-19(12-14-20)16-25-26-23(28)17-27(22-10-6-7-15-24-22)31(29,30)21-8-4-3-5-9-21/h3-16,18H,17H2,1-2H3,(H,26,28)/b25-16-. The molecule has 0 aliphatic heterocycles. The van der Waals surface area contributed by atoms with Crippen molar-refractivity contribution in [2.24, 2.45) is 5.10 Å². The van der Waals surface area contributed by atoms with Crippen molar-refractivity contribution < 1.29 is 13.2 Å². The van der Waals surface area contributed by atoms with Crippen LogP contribution in [0.25, 0.3) is 0 Å². The van der Waals surface area contributed by atoms with Gasteiger partial charge in [-0.15, -0.1) is 0 Å². The van der Waals surface area contributed by atoms with E-state index in [0.29, 0.717) is 5.92 Å². The van der Waals surface area contributed by atoms with Gasteiger partial charge in [-0.05, 0) is 41.3 Å². The molecule has 0 aliphatic rings. The van der Waals surface area contributed by atoms with Crippen LogP contribution in [0, 0.1) is 0 Å². The third kappa shape index (κ3) is 5.76. The van der Waals surface area contributed by atoms with Crippen LogP contribution in [-0.4, -0.2) is 32.1 Å². The van der Waals surface area contributed by atoms with Crippen LogP contribution in [0.5, 0.6) is 0 Å². The molecule has 0 aliphatic carbocycles. The second-order valence-corrected chi connectivity index (χ2v) is 8.99. The number of carbonyl (C=O) groups is 1. The highest BCUT2D eigenvalue weighted by atomic mass is 32.2. The molecule has 1 heterocycles. The van der Waals surface area contributed by atoms with Crippen molar-refractivity contribution in [1.82, 2.24) is 10.4 Å². The summed E-state index contributed by atoms with van der Waals surface area (Å²) in [6, 6.07) is 20.6. The van der Waals surface area contributed by atoms with Crippen LogP contribution in [0.2, 0.25) is 0 Å². The van der Waals surface area contributed by atoms with Gasteiger partial charge >= 0.3 is 0 Å². The molecule has 8 heteroatoms. The molecule has 1 N–H and O–H groups in total. The molecule has 1 amide bonds. The topological polar surface area (TPSA) is 91.7 Å². The normalized spacial score (nSPS) is 11.6. The molecule has 0 fully saturated rings. The number of sulfonamides is 1. The predicted octanol–water partition coefficient (Wildman–Crippen LogP) is 3.55. The van der Waals surface area contributed by atoms with Crippen molar-refractivity contribution in [3.8, 4) is 0 Å². The molecule has 31 heavy (non-hydrogen) atoms. The van der Waals surface area contributed by atoms with E-state index in [2.05, 4.69) is 29.4 Å². The Balaban J connectivity index is 1.75. The van der Waals surface area contributed by atoms with Crippen LogP contribution in [0.1, 0.15) is 30.9 Å². The second-order valence-electron chi connectivity index (χ2n) is 7.13. The molecule has 0 saturated carbocycles. The van der Waals surface area contributed by atoms with Crippen molar-refractivity contribution in [2.45, 2.75) is 24.7 Å². The SMILES string of the molecule is CC(C)c1ccc(/C=N\NC(=O)CN(c2ccccn2)S(=O)(=O)c2ccccc2)cc1. The van der Waals surface area contributed by atoms with Crippen LogP contribution in [0.3, 0.4) is 0 Å². The van der Waals surface area contributed by atoms with E-state index in [0.717, 1.165) is 9.87 Å². The fraction of sp³-hybridized carbons (Fsp3) is 0.174. The molecular formula is C23H24N4O3S.